The second kappa shape index (κ2) is 4.76. The lowest BCUT2D eigenvalue weighted by molar-refractivity contribution is 0.0649. The van der Waals surface area contributed by atoms with Crippen LogP contribution in [0.3, 0.4) is 0 Å². The molecule has 0 fully saturated rings. The lowest BCUT2D eigenvalue weighted by atomic mass is 10.00. The van der Waals surface area contributed by atoms with Gasteiger partial charge in [0.1, 0.15) is 0 Å². The summed E-state index contributed by atoms with van der Waals surface area (Å²) in [6, 6.07) is 4.17. The summed E-state index contributed by atoms with van der Waals surface area (Å²) in [5.41, 5.74) is 2.72. The second-order valence-corrected chi connectivity index (χ2v) is 5.74. The van der Waals surface area contributed by atoms with Crippen molar-refractivity contribution in [1.82, 2.24) is 0 Å². The van der Waals surface area contributed by atoms with Crippen molar-refractivity contribution in [2.45, 2.75) is 46.3 Å². The molecule has 0 heterocycles. The van der Waals surface area contributed by atoms with Crippen LogP contribution in [0.5, 0.6) is 0 Å². The third-order valence-corrected chi connectivity index (χ3v) is 4.13. The zero-order valence-electron chi connectivity index (χ0n) is 10.6. The Morgan fingerprint density at radius 1 is 1.25 bits per heavy atom. The average Bonchev–Trinajstić information content (AvgIpc) is 2.12. The number of nitrogens with one attached hydrogen (secondary N) is 1. The van der Waals surface area contributed by atoms with Gasteiger partial charge < -0.3 is 10.4 Å². The Labute approximate surface area is 106 Å². The van der Waals surface area contributed by atoms with E-state index in [2.05, 4.69) is 47.2 Å². The van der Waals surface area contributed by atoms with Crippen LogP contribution in [-0.2, 0) is 0 Å². The molecule has 0 aliphatic carbocycles. The van der Waals surface area contributed by atoms with Gasteiger partial charge in [0.05, 0.1) is 11.6 Å². The quantitative estimate of drug-likeness (QED) is 0.889. The molecular weight excluding hydrogens is 266 g/mol. The van der Waals surface area contributed by atoms with E-state index >= 15 is 0 Å². The van der Waals surface area contributed by atoms with E-state index in [0.717, 1.165) is 10.2 Å². The number of hydrogen-bond acceptors (Lipinski definition) is 2. The van der Waals surface area contributed by atoms with Gasteiger partial charge in [0.25, 0.3) is 0 Å². The molecule has 1 atom stereocenters. The Balaban J connectivity index is 2.91. The molecule has 0 radical (unpaired) electrons. The van der Waals surface area contributed by atoms with Crippen LogP contribution in [-0.4, -0.2) is 16.7 Å². The number of aryl methyl sites for hydroxylation is 2. The molecule has 0 aliphatic heterocycles. The molecule has 0 bridgehead atoms. The van der Waals surface area contributed by atoms with Crippen LogP contribution in [0.15, 0.2) is 16.6 Å². The first-order valence-electron chi connectivity index (χ1n) is 5.47. The Hall–Kier alpha value is -0.540. The van der Waals surface area contributed by atoms with Crippen molar-refractivity contribution in [1.29, 1.82) is 0 Å². The van der Waals surface area contributed by atoms with Crippen LogP contribution >= 0.6 is 15.9 Å². The molecule has 0 aromatic heterocycles. The Kier molecular flexibility index (Phi) is 4.02. The Morgan fingerprint density at radius 3 is 2.06 bits per heavy atom. The number of aliphatic hydroxyl groups is 1. The van der Waals surface area contributed by atoms with Crippen LogP contribution in [0.4, 0.5) is 5.69 Å². The maximum absolute atomic E-state index is 9.87. The van der Waals surface area contributed by atoms with Crippen LogP contribution < -0.4 is 5.32 Å². The van der Waals surface area contributed by atoms with Gasteiger partial charge in [-0.25, -0.2) is 0 Å². The number of hydrogen-bond donors (Lipinski definition) is 2. The molecular formula is C13H20BrNO. The first-order valence-corrected chi connectivity index (χ1v) is 6.26. The number of halogens is 1. The zero-order valence-corrected chi connectivity index (χ0v) is 12.1. The fourth-order valence-corrected chi connectivity index (χ4v) is 1.68. The van der Waals surface area contributed by atoms with E-state index < -0.39 is 5.60 Å². The predicted octanol–water partition coefficient (Wildman–Crippen LogP) is 3.64. The summed E-state index contributed by atoms with van der Waals surface area (Å²) >= 11 is 3.54. The fourth-order valence-electron chi connectivity index (χ4n) is 1.46. The molecule has 1 aromatic rings. The minimum absolute atomic E-state index is 0.00692. The minimum Gasteiger partial charge on any atom is -0.388 e. The molecule has 1 aromatic carbocycles. The van der Waals surface area contributed by atoms with Gasteiger partial charge in [-0.1, -0.05) is 15.9 Å². The normalized spacial score (nSPS) is 13.7. The highest BCUT2D eigenvalue weighted by Crippen LogP contribution is 2.26. The van der Waals surface area contributed by atoms with Crippen molar-refractivity contribution in [3.63, 3.8) is 0 Å². The summed E-state index contributed by atoms with van der Waals surface area (Å²) in [5, 5.41) is 13.2. The SMILES string of the molecule is Cc1cc(NC(C)C(C)(C)O)cc(C)c1Br. The van der Waals surface area contributed by atoms with Gasteiger partial charge in [0.2, 0.25) is 0 Å². The summed E-state index contributed by atoms with van der Waals surface area (Å²) in [5.74, 6) is 0. The van der Waals surface area contributed by atoms with Crippen molar-refractivity contribution in [3.8, 4) is 0 Å². The smallest absolute Gasteiger partial charge is 0.0789 e. The molecule has 0 saturated carbocycles. The van der Waals surface area contributed by atoms with Gasteiger partial charge >= 0.3 is 0 Å². The van der Waals surface area contributed by atoms with Crippen molar-refractivity contribution < 1.29 is 5.11 Å². The molecule has 2 N–H and O–H groups in total. The molecule has 0 aliphatic rings. The fraction of sp³-hybridized carbons (Fsp3) is 0.538. The first kappa shape index (κ1) is 13.5. The van der Waals surface area contributed by atoms with Crippen molar-refractivity contribution in [2.24, 2.45) is 0 Å². The standard InChI is InChI=1S/C13H20BrNO/c1-8-6-11(7-9(2)12(8)14)15-10(3)13(4,5)16/h6-7,10,15-16H,1-5H3. The van der Waals surface area contributed by atoms with Gasteiger partial charge in [-0.3, -0.25) is 0 Å². The monoisotopic (exact) mass is 285 g/mol. The predicted molar refractivity (Wildman–Crippen MR) is 73.0 cm³/mol. The van der Waals surface area contributed by atoms with E-state index in [1.54, 1.807) is 0 Å². The average molecular weight is 286 g/mol. The molecule has 0 saturated heterocycles. The van der Waals surface area contributed by atoms with E-state index in [0.29, 0.717) is 0 Å². The summed E-state index contributed by atoms with van der Waals surface area (Å²) in [7, 11) is 0. The van der Waals surface area contributed by atoms with Gasteiger partial charge in [-0.2, -0.15) is 0 Å². The highest BCUT2D eigenvalue weighted by molar-refractivity contribution is 9.10. The summed E-state index contributed by atoms with van der Waals surface area (Å²) in [4.78, 5) is 0. The largest absolute Gasteiger partial charge is 0.388 e. The van der Waals surface area contributed by atoms with Crippen molar-refractivity contribution >= 4 is 21.6 Å². The van der Waals surface area contributed by atoms with E-state index in [4.69, 9.17) is 0 Å². The third kappa shape index (κ3) is 3.22. The maximum atomic E-state index is 9.87. The number of benzene rings is 1. The minimum atomic E-state index is -0.727. The zero-order chi connectivity index (χ0) is 12.5. The number of anilines is 1. The van der Waals surface area contributed by atoms with Gasteiger partial charge in [-0.05, 0) is 57.9 Å². The lowest BCUT2D eigenvalue weighted by Gasteiger charge is -2.28. The molecule has 2 nitrogen and oxygen atoms in total. The van der Waals surface area contributed by atoms with Crippen LogP contribution in [0.2, 0.25) is 0 Å². The van der Waals surface area contributed by atoms with Crippen molar-refractivity contribution in [3.05, 3.63) is 27.7 Å². The molecule has 0 spiro atoms. The van der Waals surface area contributed by atoms with Crippen molar-refractivity contribution in [2.75, 3.05) is 5.32 Å². The summed E-state index contributed by atoms with van der Waals surface area (Å²) in [6.45, 7) is 9.73. The summed E-state index contributed by atoms with van der Waals surface area (Å²) < 4.78 is 1.15. The van der Waals surface area contributed by atoms with Gasteiger partial charge in [0, 0.05) is 10.2 Å². The van der Waals surface area contributed by atoms with Crippen LogP contribution in [0.1, 0.15) is 31.9 Å². The van der Waals surface area contributed by atoms with E-state index in [-0.39, 0.29) is 6.04 Å². The highest BCUT2D eigenvalue weighted by Gasteiger charge is 2.22. The molecule has 1 rings (SSSR count). The lowest BCUT2D eigenvalue weighted by Crippen LogP contribution is -2.39. The second-order valence-electron chi connectivity index (χ2n) is 4.94. The first-order chi connectivity index (χ1) is 7.21. The molecule has 3 heteroatoms. The number of rotatable bonds is 3. The maximum Gasteiger partial charge on any atom is 0.0789 e. The van der Waals surface area contributed by atoms with Crippen LogP contribution in [0.25, 0.3) is 0 Å². The Bertz CT molecular complexity index is 359. The van der Waals surface area contributed by atoms with Gasteiger partial charge in [0.15, 0.2) is 0 Å². The van der Waals surface area contributed by atoms with Crippen LogP contribution in [0, 0.1) is 13.8 Å². The molecule has 90 valence electrons. The Morgan fingerprint density at radius 2 is 1.69 bits per heavy atom. The summed E-state index contributed by atoms with van der Waals surface area (Å²) in [6.07, 6.45) is 0. The van der Waals surface area contributed by atoms with E-state index in [1.165, 1.54) is 11.1 Å². The topological polar surface area (TPSA) is 32.3 Å². The van der Waals surface area contributed by atoms with E-state index in [1.807, 2.05) is 20.8 Å². The molecule has 16 heavy (non-hydrogen) atoms. The third-order valence-electron chi connectivity index (χ3n) is 2.88. The molecule has 0 amide bonds. The van der Waals surface area contributed by atoms with Gasteiger partial charge in [-0.15, -0.1) is 0 Å². The highest BCUT2D eigenvalue weighted by atomic mass is 79.9. The van der Waals surface area contributed by atoms with E-state index in [9.17, 15) is 5.11 Å². The molecule has 1 unspecified atom stereocenters.